The quantitative estimate of drug-likeness (QED) is 0.286. The van der Waals surface area contributed by atoms with E-state index in [1.165, 1.54) is 83.5 Å². The number of hydrogen-bond acceptors (Lipinski definition) is 0. The minimum absolute atomic E-state index is 0.506. The van der Waals surface area contributed by atoms with Crippen LogP contribution in [-0.4, -0.2) is 10.5 Å². The SMILES string of the molecule is [N-]=[N+]=C1CCCC/C=C\CCCC1C1CCC/C=C\CCCCC1. The van der Waals surface area contributed by atoms with E-state index in [1.54, 1.807) is 0 Å². The maximum absolute atomic E-state index is 9.67. The lowest BCUT2D eigenvalue weighted by Crippen LogP contribution is -2.25. The number of hydrogen-bond donors (Lipinski definition) is 0. The Hall–Kier alpha value is -1.14. The van der Waals surface area contributed by atoms with Gasteiger partial charge in [0.05, 0.1) is 5.92 Å². The highest BCUT2D eigenvalue weighted by atomic mass is 14.9. The standard InChI is InChI=1S/C22H36N2/c23-24-22-19-15-11-7-3-6-10-14-18-21(22)20-16-12-8-4-1-2-5-9-13-17-20/h1,3-4,6,20-21H,2,5,7-19H2/b4-1-,6-3-. The van der Waals surface area contributed by atoms with Crippen LogP contribution in [-0.2, 0) is 0 Å². The van der Waals surface area contributed by atoms with Gasteiger partial charge >= 0.3 is 0 Å². The molecule has 2 unspecified atom stereocenters. The van der Waals surface area contributed by atoms with Gasteiger partial charge in [0, 0.05) is 6.42 Å². The minimum Gasteiger partial charge on any atom is -0.362 e. The van der Waals surface area contributed by atoms with Crippen molar-refractivity contribution in [1.29, 1.82) is 0 Å². The maximum atomic E-state index is 9.67. The van der Waals surface area contributed by atoms with Crippen LogP contribution >= 0.6 is 0 Å². The van der Waals surface area contributed by atoms with Gasteiger partial charge in [-0.1, -0.05) is 37.1 Å². The van der Waals surface area contributed by atoms with E-state index in [0.717, 1.165) is 18.6 Å². The second kappa shape index (κ2) is 12.3. The Kier molecular flexibility index (Phi) is 9.80. The van der Waals surface area contributed by atoms with Gasteiger partial charge in [0.25, 0.3) is 5.71 Å². The molecule has 0 aromatic carbocycles. The van der Waals surface area contributed by atoms with Crippen molar-refractivity contribution in [2.24, 2.45) is 11.8 Å². The lowest BCUT2D eigenvalue weighted by atomic mass is 9.77. The van der Waals surface area contributed by atoms with Gasteiger partial charge < -0.3 is 5.53 Å². The van der Waals surface area contributed by atoms with E-state index in [1.807, 2.05) is 0 Å². The van der Waals surface area contributed by atoms with Crippen molar-refractivity contribution >= 4 is 5.71 Å². The molecule has 2 aliphatic rings. The first-order valence-electron chi connectivity index (χ1n) is 10.4. The topological polar surface area (TPSA) is 36.4 Å². The molecular weight excluding hydrogens is 292 g/mol. The van der Waals surface area contributed by atoms with Gasteiger partial charge in [-0.25, -0.2) is 0 Å². The molecule has 2 aliphatic carbocycles. The molecule has 0 fully saturated rings. The van der Waals surface area contributed by atoms with E-state index >= 15 is 0 Å². The van der Waals surface area contributed by atoms with Crippen molar-refractivity contribution in [2.45, 2.75) is 96.3 Å². The third kappa shape index (κ3) is 7.18. The van der Waals surface area contributed by atoms with Crippen LogP contribution in [0.3, 0.4) is 0 Å². The summed E-state index contributed by atoms with van der Waals surface area (Å²) >= 11 is 0. The normalized spacial score (nSPS) is 31.1. The molecule has 2 rings (SSSR count). The molecule has 0 radical (unpaired) electrons. The summed E-state index contributed by atoms with van der Waals surface area (Å²) in [5.41, 5.74) is 10.8. The molecule has 0 spiro atoms. The van der Waals surface area contributed by atoms with Gasteiger partial charge in [0.1, 0.15) is 0 Å². The predicted octanol–water partition coefficient (Wildman–Crippen LogP) is 6.88. The van der Waals surface area contributed by atoms with Crippen LogP contribution in [0.2, 0.25) is 0 Å². The summed E-state index contributed by atoms with van der Waals surface area (Å²) in [5.74, 6) is 1.22. The second-order valence-corrected chi connectivity index (χ2v) is 7.65. The molecule has 0 N–H and O–H groups in total. The fourth-order valence-corrected chi connectivity index (χ4v) is 4.37. The lowest BCUT2D eigenvalue weighted by Gasteiger charge is -2.24. The molecule has 24 heavy (non-hydrogen) atoms. The summed E-state index contributed by atoms with van der Waals surface area (Å²) in [7, 11) is 0. The van der Waals surface area contributed by atoms with Crippen molar-refractivity contribution < 1.29 is 4.79 Å². The molecule has 0 amide bonds. The largest absolute Gasteiger partial charge is 0.362 e. The molecule has 0 aliphatic heterocycles. The van der Waals surface area contributed by atoms with Crippen LogP contribution in [0.1, 0.15) is 96.3 Å². The summed E-state index contributed by atoms with van der Waals surface area (Å²) in [6, 6.07) is 0. The summed E-state index contributed by atoms with van der Waals surface area (Å²) in [6.07, 6.45) is 28.0. The Morgan fingerprint density at radius 1 is 0.667 bits per heavy atom. The van der Waals surface area contributed by atoms with Crippen molar-refractivity contribution in [3.8, 4) is 0 Å². The number of allylic oxidation sites excluding steroid dienone is 4. The van der Waals surface area contributed by atoms with E-state index < -0.39 is 0 Å². The van der Waals surface area contributed by atoms with Crippen molar-refractivity contribution in [3.63, 3.8) is 0 Å². The van der Waals surface area contributed by atoms with Crippen molar-refractivity contribution in [3.05, 3.63) is 29.8 Å². The molecule has 2 nitrogen and oxygen atoms in total. The Balaban J connectivity index is 2.05. The van der Waals surface area contributed by atoms with E-state index in [4.69, 9.17) is 0 Å². The van der Waals surface area contributed by atoms with Crippen molar-refractivity contribution in [1.82, 2.24) is 0 Å². The summed E-state index contributed by atoms with van der Waals surface area (Å²) < 4.78 is 0. The van der Waals surface area contributed by atoms with E-state index in [-0.39, 0.29) is 0 Å². The molecule has 2 atom stereocenters. The van der Waals surface area contributed by atoms with Gasteiger partial charge in [-0.2, -0.15) is 4.79 Å². The molecule has 0 aromatic heterocycles. The summed E-state index contributed by atoms with van der Waals surface area (Å²) in [5, 5.41) is 0. The fraction of sp³-hybridized carbons (Fsp3) is 0.773. The Morgan fingerprint density at radius 3 is 1.96 bits per heavy atom. The van der Waals surface area contributed by atoms with Crippen LogP contribution in [0.5, 0.6) is 0 Å². The zero-order valence-corrected chi connectivity index (χ0v) is 15.5. The zero-order chi connectivity index (χ0) is 16.9. The third-order valence-corrected chi connectivity index (χ3v) is 5.79. The Bertz CT molecular complexity index is 443. The van der Waals surface area contributed by atoms with Crippen LogP contribution in [0.25, 0.3) is 5.53 Å². The number of rotatable bonds is 1. The van der Waals surface area contributed by atoms with Crippen LogP contribution in [0.4, 0.5) is 0 Å². The first-order chi connectivity index (χ1) is 11.9. The molecule has 0 heterocycles. The van der Waals surface area contributed by atoms with E-state index in [2.05, 4.69) is 29.1 Å². The molecule has 0 bridgehead atoms. The lowest BCUT2D eigenvalue weighted by molar-refractivity contribution is -0.0203. The monoisotopic (exact) mass is 328 g/mol. The smallest absolute Gasteiger partial charge is 0.272 e. The van der Waals surface area contributed by atoms with E-state index in [9.17, 15) is 5.53 Å². The van der Waals surface area contributed by atoms with Crippen LogP contribution in [0, 0.1) is 11.8 Å². The fourth-order valence-electron chi connectivity index (χ4n) is 4.37. The average molecular weight is 329 g/mol. The first-order valence-corrected chi connectivity index (χ1v) is 10.4. The number of nitrogens with zero attached hydrogens (tertiary/aromatic N) is 2. The zero-order valence-electron chi connectivity index (χ0n) is 15.5. The molecule has 0 aromatic rings. The molecule has 0 saturated heterocycles. The predicted molar refractivity (Wildman–Crippen MR) is 103 cm³/mol. The Morgan fingerprint density at radius 2 is 1.25 bits per heavy atom. The van der Waals surface area contributed by atoms with Crippen molar-refractivity contribution in [2.75, 3.05) is 0 Å². The Labute approximate surface area is 149 Å². The molecule has 0 saturated carbocycles. The van der Waals surface area contributed by atoms with Gasteiger partial charge in [-0.15, -0.1) is 0 Å². The molecular formula is C22H36N2. The maximum Gasteiger partial charge on any atom is 0.272 e. The van der Waals surface area contributed by atoms with E-state index in [0.29, 0.717) is 11.8 Å². The first kappa shape index (κ1) is 19.2. The molecule has 134 valence electrons. The van der Waals surface area contributed by atoms with Gasteiger partial charge in [-0.05, 0) is 83.0 Å². The van der Waals surface area contributed by atoms with Gasteiger partial charge in [-0.3, -0.25) is 0 Å². The highest BCUT2D eigenvalue weighted by Gasteiger charge is 2.30. The average Bonchev–Trinajstić information content (AvgIpc) is 2.70. The summed E-state index contributed by atoms with van der Waals surface area (Å²) in [6.45, 7) is 0. The second-order valence-electron chi connectivity index (χ2n) is 7.65. The summed E-state index contributed by atoms with van der Waals surface area (Å²) in [4.78, 5) is 3.81. The highest BCUT2D eigenvalue weighted by Crippen LogP contribution is 2.32. The van der Waals surface area contributed by atoms with Gasteiger partial charge in [0.2, 0.25) is 0 Å². The molecule has 2 heteroatoms. The minimum atomic E-state index is 0.506. The van der Waals surface area contributed by atoms with Gasteiger partial charge in [0.15, 0.2) is 0 Å². The highest BCUT2D eigenvalue weighted by molar-refractivity contribution is 5.81. The van der Waals surface area contributed by atoms with Crippen LogP contribution in [0.15, 0.2) is 24.3 Å². The third-order valence-electron chi connectivity index (χ3n) is 5.79. The van der Waals surface area contributed by atoms with Crippen LogP contribution < -0.4 is 0 Å².